The zero-order valence-electron chi connectivity index (χ0n) is 13.9. The first-order valence-electron chi connectivity index (χ1n) is 8.86. The lowest BCUT2D eigenvalue weighted by molar-refractivity contribution is -0.153. The average Bonchev–Trinajstić information content (AvgIpc) is 3.15. The molecule has 0 radical (unpaired) electrons. The lowest BCUT2D eigenvalue weighted by atomic mass is 9.90. The minimum Gasteiger partial charge on any atom is -0.392 e. The summed E-state index contributed by atoms with van der Waals surface area (Å²) in [4.78, 5) is 16.8. The van der Waals surface area contributed by atoms with E-state index in [-0.39, 0.29) is 17.2 Å². The number of fused-ring (bicyclic) bond motifs is 1. The van der Waals surface area contributed by atoms with Crippen molar-refractivity contribution in [3.63, 3.8) is 0 Å². The molecule has 2 saturated heterocycles. The molecule has 23 heavy (non-hydrogen) atoms. The largest absolute Gasteiger partial charge is 0.392 e. The zero-order valence-corrected chi connectivity index (χ0v) is 15.5. The van der Waals surface area contributed by atoms with Crippen LogP contribution in [-0.2, 0) is 4.79 Å². The van der Waals surface area contributed by atoms with Crippen LogP contribution < -0.4 is 0 Å². The number of thioether (sulfide) groups is 2. The Morgan fingerprint density at radius 3 is 2.87 bits per heavy atom. The molecule has 3 aliphatic heterocycles. The van der Waals surface area contributed by atoms with E-state index >= 15 is 0 Å². The SMILES string of the molecule is CC[C@H](O)[C@@H]1C(=O)N2C(C)=C(S[C@H]3CCN(CC4CC4)C3)S[C@H]12. The van der Waals surface area contributed by atoms with Gasteiger partial charge < -0.3 is 14.9 Å². The molecular weight excluding hydrogens is 328 g/mol. The van der Waals surface area contributed by atoms with Crippen LogP contribution in [0.2, 0.25) is 0 Å². The molecule has 4 nitrogen and oxygen atoms in total. The number of hydrogen-bond acceptors (Lipinski definition) is 5. The molecule has 0 bridgehead atoms. The minimum absolute atomic E-state index is 0.117. The van der Waals surface area contributed by atoms with Crippen molar-refractivity contribution in [1.29, 1.82) is 0 Å². The fourth-order valence-corrected chi connectivity index (χ4v) is 7.17. The van der Waals surface area contributed by atoms with Crippen LogP contribution in [0.4, 0.5) is 0 Å². The molecule has 3 heterocycles. The van der Waals surface area contributed by atoms with Gasteiger partial charge >= 0.3 is 0 Å². The van der Waals surface area contributed by atoms with Gasteiger partial charge in [0, 0.05) is 24.0 Å². The Bertz CT molecular complexity index is 535. The first-order valence-corrected chi connectivity index (χ1v) is 10.6. The Hall–Kier alpha value is -0.170. The number of rotatable bonds is 6. The van der Waals surface area contributed by atoms with Gasteiger partial charge in [-0.3, -0.25) is 4.79 Å². The zero-order chi connectivity index (χ0) is 16.1. The van der Waals surface area contributed by atoms with Crippen LogP contribution in [0.5, 0.6) is 0 Å². The van der Waals surface area contributed by atoms with Gasteiger partial charge in [0.1, 0.15) is 5.37 Å². The quantitative estimate of drug-likeness (QED) is 0.743. The van der Waals surface area contributed by atoms with Crippen LogP contribution in [0.15, 0.2) is 9.93 Å². The van der Waals surface area contributed by atoms with E-state index in [2.05, 4.69) is 11.8 Å². The van der Waals surface area contributed by atoms with Crippen molar-refractivity contribution in [3.05, 3.63) is 9.93 Å². The second-order valence-electron chi connectivity index (χ2n) is 7.32. The highest BCUT2D eigenvalue weighted by molar-refractivity contribution is 8.23. The molecule has 1 aliphatic carbocycles. The van der Waals surface area contributed by atoms with E-state index in [0.717, 1.165) is 11.6 Å². The molecule has 3 fully saturated rings. The number of carbonyl (C=O) groups is 1. The van der Waals surface area contributed by atoms with E-state index < -0.39 is 6.10 Å². The molecular formula is C17H26N2O2S2. The van der Waals surface area contributed by atoms with Gasteiger partial charge in [0.2, 0.25) is 5.91 Å². The number of amides is 1. The number of carbonyl (C=O) groups excluding carboxylic acids is 1. The summed E-state index contributed by atoms with van der Waals surface area (Å²) in [6.07, 6.45) is 4.27. The van der Waals surface area contributed by atoms with Crippen LogP contribution in [0.3, 0.4) is 0 Å². The maximum absolute atomic E-state index is 12.3. The number of β-lactam (4-membered cyclic amide) rings is 1. The Labute approximate surface area is 147 Å². The van der Waals surface area contributed by atoms with Crippen LogP contribution in [0.1, 0.15) is 39.5 Å². The molecule has 0 aromatic carbocycles. The third-order valence-corrected chi connectivity index (χ3v) is 8.58. The first kappa shape index (κ1) is 16.3. The highest BCUT2D eigenvalue weighted by atomic mass is 32.2. The van der Waals surface area contributed by atoms with Crippen molar-refractivity contribution < 1.29 is 9.90 Å². The molecule has 0 aromatic heterocycles. The molecule has 1 saturated carbocycles. The van der Waals surface area contributed by atoms with E-state index in [1.807, 2.05) is 35.3 Å². The monoisotopic (exact) mass is 354 g/mol. The van der Waals surface area contributed by atoms with Crippen LogP contribution >= 0.6 is 23.5 Å². The third kappa shape index (κ3) is 2.96. The number of allylic oxidation sites excluding steroid dienone is 1. The summed E-state index contributed by atoms with van der Waals surface area (Å²) in [7, 11) is 0. The second-order valence-corrected chi connectivity index (χ2v) is 10.0. The molecule has 1 amide bonds. The van der Waals surface area contributed by atoms with E-state index in [1.54, 1.807) is 0 Å². The smallest absolute Gasteiger partial charge is 0.236 e. The molecule has 0 spiro atoms. The lowest BCUT2D eigenvalue weighted by Gasteiger charge is -2.44. The molecule has 0 unspecified atom stereocenters. The topological polar surface area (TPSA) is 43.8 Å². The molecule has 4 atom stereocenters. The van der Waals surface area contributed by atoms with Crippen molar-refractivity contribution >= 4 is 29.4 Å². The maximum Gasteiger partial charge on any atom is 0.236 e. The summed E-state index contributed by atoms with van der Waals surface area (Å²) < 4.78 is 1.31. The Balaban J connectivity index is 1.35. The lowest BCUT2D eigenvalue weighted by Crippen LogP contribution is -2.60. The Kier molecular flexibility index (Phi) is 4.45. The predicted molar refractivity (Wildman–Crippen MR) is 95.9 cm³/mol. The summed E-state index contributed by atoms with van der Waals surface area (Å²) in [5.41, 5.74) is 1.12. The van der Waals surface area contributed by atoms with Gasteiger partial charge in [0.15, 0.2) is 0 Å². The highest BCUT2D eigenvalue weighted by Crippen LogP contribution is 2.55. The number of nitrogens with zero attached hydrogens (tertiary/aromatic N) is 2. The van der Waals surface area contributed by atoms with E-state index in [0.29, 0.717) is 11.7 Å². The summed E-state index contributed by atoms with van der Waals surface area (Å²) in [6.45, 7) is 7.73. The van der Waals surface area contributed by atoms with Gasteiger partial charge in [-0.1, -0.05) is 18.7 Å². The van der Waals surface area contributed by atoms with Gasteiger partial charge in [-0.25, -0.2) is 0 Å². The van der Waals surface area contributed by atoms with Gasteiger partial charge in [-0.05, 0) is 45.1 Å². The van der Waals surface area contributed by atoms with E-state index in [4.69, 9.17) is 0 Å². The predicted octanol–water partition coefficient (Wildman–Crippen LogP) is 2.70. The standard InChI is InChI=1S/C17H26N2O2S2/c1-3-13(20)14-15(21)19-10(2)17(23-16(14)19)22-12-6-7-18(9-12)8-11-4-5-11/h11-14,16,20H,3-9H2,1-2H3/t12-,13-,14+,16+/m0/s1. The van der Waals surface area contributed by atoms with Crippen molar-refractivity contribution in [2.24, 2.45) is 11.8 Å². The number of hydrogen-bond donors (Lipinski definition) is 1. The number of aliphatic hydroxyl groups excluding tert-OH is 1. The van der Waals surface area contributed by atoms with Crippen molar-refractivity contribution in [2.75, 3.05) is 19.6 Å². The average molecular weight is 355 g/mol. The maximum atomic E-state index is 12.3. The van der Waals surface area contributed by atoms with Crippen LogP contribution in [0, 0.1) is 11.8 Å². The summed E-state index contributed by atoms with van der Waals surface area (Å²) in [5.74, 6) is 0.885. The number of aliphatic hydroxyl groups is 1. The minimum atomic E-state index is -0.492. The van der Waals surface area contributed by atoms with Gasteiger partial charge in [0.05, 0.1) is 16.3 Å². The second kappa shape index (κ2) is 6.28. The fourth-order valence-electron chi connectivity index (χ4n) is 3.86. The van der Waals surface area contributed by atoms with E-state index in [9.17, 15) is 9.90 Å². The summed E-state index contributed by atoms with van der Waals surface area (Å²) in [6, 6.07) is 0. The Morgan fingerprint density at radius 2 is 2.17 bits per heavy atom. The normalized spacial score (nSPS) is 35.7. The van der Waals surface area contributed by atoms with Gasteiger partial charge in [0.25, 0.3) is 0 Å². The first-order chi connectivity index (χ1) is 11.1. The van der Waals surface area contributed by atoms with Crippen LogP contribution in [0.25, 0.3) is 0 Å². The van der Waals surface area contributed by atoms with Crippen molar-refractivity contribution in [3.8, 4) is 0 Å². The molecule has 0 aromatic rings. The van der Waals surface area contributed by atoms with Crippen molar-refractivity contribution in [2.45, 2.75) is 56.3 Å². The van der Waals surface area contributed by atoms with E-state index in [1.165, 1.54) is 43.1 Å². The third-order valence-electron chi connectivity index (χ3n) is 5.52. The molecule has 128 valence electrons. The highest BCUT2D eigenvalue weighted by Gasteiger charge is 2.55. The van der Waals surface area contributed by atoms with Gasteiger partial charge in [-0.2, -0.15) is 0 Å². The number of likely N-dealkylation sites (tertiary alicyclic amines) is 1. The summed E-state index contributed by atoms with van der Waals surface area (Å²) >= 11 is 3.78. The fraction of sp³-hybridized carbons (Fsp3) is 0.824. The summed E-state index contributed by atoms with van der Waals surface area (Å²) in [5, 5.41) is 10.9. The molecule has 4 aliphatic rings. The molecule has 4 rings (SSSR count). The molecule has 6 heteroatoms. The Morgan fingerprint density at radius 1 is 1.39 bits per heavy atom. The van der Waals surface area contributed by atoms with Crippen LogP contribution in [-0.4, -0.2) is 57.2 Å². The van der Waals surface area contributed by atoms with Gasteiger partial charge in [-0.15, -0.1) is 11.8 Å². The van der Waals surface area contributed by atoms with Crippen molar-refractivity contribution in [1.82, 2.24) is 9.80 Å². The molecule has 1 N–H and O–H groups in total.